The van der Waals surface area contributed by atoms with Gasteiger partial charge in [0, 0.05) is 23.6 Å². The zero-order chi connectivity index (χ0) is 20.6. The molecule has 0 aliphatic heterocycles. The van der Waals surface area contributed by atoms with Crippen molar-refractivity contribution in [3.63, 3.8) is 0 Å². The van der Waals surface area contributed by atoms with Crippen molar-refractivity contribution in [2.75, 3.05) is 5.32 Å². The van der Waals surface area contributed by atoms with Gasteiger partial charge < -0.3 is 5.32 Å². The van der Waals surface area contributed by atoms with Gasteiger partial charge in [-0.1, -0.05) is 55.8 Å². The van der Waals surface area contributed by atoms with E-state index in [9.17, 15) is 14.4 Å². The maximum absolute atomic E-state index is 12.2. The van der Waals surface area contributed by atoms with Crippen molar-refractivity contribution in [3.8, 4) is 0 Å². The van der Waals surface area contributed by atoms with Crippen LogP contribution in [0.4, 0.5) is 5.69 Å². The molecule has 7 heteroatoms. The van der Waals surface area contributed by atoms with E-state index in [-0.39, 0.29) is 37.0 Å². The predicted octanol–water partition coefficient (Wildman–Crippen LogP) is 3.48. The molecule has 148 valence electrons. The third-order valence-electron chi connectivity index (χ3n) is 3.96. The molecule has 0 aliphatic carbocycles. The molecule has 0 unspecified atom stereocenters. The second kappa shape index (κ2) is 9.90. The molecule has 0 aromatic heterocycles. The van der Waals surface area contributed by atoms with Crippen LogP contribution in [-0.4, -0.2) is 17.7 Å². The van der Waals surface area contributed by atoms with Crippen LogP contribution in [0.1, 0.15) is 32.3 Å². The van der Waals surface area contributed by atoms with Crippen molar-refractivity contribution in [2.45, 2.75) is 33.1 Å². The lowest BCUT2D eigenvalue weighted by Crippen LogP contribution is -2.44. The Labute approximate surface area is 169 Å². The Balaban J connectivity index is 1.75. The zero-order valence-corrected chi connectivity index (χ0v) is 16.7. The summed E-state index contributed by atoms with van der Waals surface area (Å²) in [5.41, 5.74) is 5.72. The largest absolute Gasteiger partial charge is 0.326 e. The van der Waals surface area contributed by atoms with Crippen molar-refractivity contribution in [1.29, 1.82) is 0 Å². The number of hydrogen-bond acceptors (Lipinski definition) is 3. The smallest absolute Gasteiger partial charge is 0.242 e. The lowest BCUT2D eigenvalue weighted by molar-refractivity contribution is -0.130. The molecule has 0 atom stereocenters. The number of hydrogen-bond donors (Lipinski definition) is 3. The van der Waals surface area contributed by atoms with Crippen molar-refractivity contribution in [3.05, 3.63) is 65.2 Å². The first kappa shape index (κ1) is 21.4. The number of benzene rings is 2. The third-order valence-corrected chi connectivity index (χ3v) is 4.21. The van der Waals surface area contributed by atoms with E-state index < -0.39 is 5.41 Å². The Hall–Kier alpha value is -2.86. The van der Waals surface area contributed by atoms with Crippen LogP contribution >= 0.6 is 11.6 Å². The number of nitrogens with one attached hydrogen (secondary N) is 3. The quantitative estimate of drug-likeness (QED) is 0.621. The van der Waals surface area contributed by atoms with Crippen LogP contribution in [0.5, 0.6) is 0 Å². The summed E-state index contributed by atoms with van der Waals surface area (Å²) in [6.45, 7) is 3.64. The fourth-order valence-corrected chi connectivity index (χ4v) is 2.81. The second-order valence-corrected chi connectivity index (χ2v) is 7.77. The van der Waals surface area contributed by atoms with Gasteiger partial charge in [0.1, 0.15) is 0 Å². The standard InChI is InChI=1S/C21H24ClN3O3/c1-21(2,13-19(27)23-17-10-8-16(22)9-11-17)14-20(28)25-24-18(26)12-15-6-4-3-5-7-15/h3-11H,12-14H2,1-2H3,(H,23,27)(H,24,26)(H,25,28). The third kappa shape index (κ3) is 7.80. The van der Waals surface area contributed by atoms with Gasteiger partial charge in [-0.2, -0.15) is 0 Å². The van der Waals surface area contributed by atoms with Crippen molar-refractivity contribution in [2.24, 2.45) is 5.41 Å². The summed E-state index contributed by atoms with van der Waals surface area (Å²) in [5.74, 6) is -0.864. The lowest BCUT2D eigenvalue weighted by Gasteiger charge is -2.23. The van der Waals surface area contributed by atoms with Crippen LogP contribution in [0.15, 0.2) is 54.6 Å². The molecule has 6 nitrogen and oxygen atoms in total. The molecule has 0 saturated heterocycles. The number of amides is 3. The molecule has 28 heavy (non-hydrogen) atoms. The molecule has 2 rings (SSSR count). The predicted molar refractivity (Wildman–Crippen MR) is 110 cm³/mol. The van der Waals surface area contributed by atoms with Crippen LogP contribution in [-0.2, 0) is 20.8 Å². The van der Waals surface area contributed by atoms with Crippen molar-refractivity contribution >= 4 is 35.0 Å². The van der Waals surface area contributed by atoms with Gasteiger partial charge in [0.25, 0.3) is 0 Å². The Kier molecular flexibility index (Phi) is 7.58. The topological polar surface area (TPSA) is 87.3 Å². The summed E-state index contributed by atoms with van der Waals surface area (Å²) in [5, 5.41) is 3.36. The van der Waals surface area contributed by atoms with E-state index in [2.05, 4.69) is 16.2 Å². The Morgan fingerprint density at radius 1 is 0.821 bits per heavy atom. The summed E-state index contributed by atoms with van der Waals surface area (Å²) < 4.78 is 0. The van der Waals surface area contributed by atoms with E-state index in [4.69, 9.17) is 11.6 Å². The molecule has 0 aliphatic rings. The van der Waals surface area contributed by atoms with Crippen LogP contribution in [0.3, 0.4) is 0 Å². The first-order valence-electron chi connectivity index (χ1n) is 8.90. The Morgan fingerprint density at radius 2 is 1.39 bits per heavy atom. The fraction of sp³-hybridized carbons (Fsp3) is 0.286. The number of halogens is 1. The average molecular weight is 402 g/mol. The van der Waals surface area contributed by atoms with Crippen LogP contribution in [0, 0.1) is 5.41 Å². The summed E-state index contributed by atoms with van der Waals surface area (Å²) in [6.07, 6.45) is 0.418. The minimum absolute atomic E-state index is 0.0899. The zero-order valence-electron chi connectivity index (χ0n) is 15.9. The highest BCUT2D eigenvalue weighted by Gasteiger charge is 2.25. The van der Waals surface area contributed by atoms with Gasteiger partial charge in [-0.3, -0.25) is 25.2 Å². The highest BCUT2D eigenvalue weighted by Crippen LogP contribution is 2.25. The Morgan fingerprint density at radius 3 is 2.04 bits per heavy atom. The lowest BCUT2D eigenvalue weighted by atomic mass is 9.85. The van der Waals surface area contributed by atoms with E-state index >= 15 is 0 Å². The van der Waals surface area contributed by atoms with Gasteiger partial charge in [-0.05, 0) is 35.2 Å². The molecular formula is C21H24ClN3O3. The SMILES string of the molecule is CC(C)(CC(=O)NNC(=O)Cc1ccccc1)CC(=O)Nc1ccc(Cl)cc1. The number of carbonyl (C=O) groups excluding carboxylic acids is 3. The van der Waals surface area contributed by atoms with E-state index in [1.807, 2.05) is 44.2 Å². The second-order valence-electron chi connectivity index (χ2n) is 7.33. The average Bonchev–Trinajstić information content (AvgIpc) is 2.62. The fourth-order valence-electron chi connectivity index (χ4n) is 2.68. The molecule has 0 spiro atoms. The van der Waals surface area contributed by atoms with Crippen molar-refractivity contribution in [1.82, 2.24) is 10.9 Å². The Bertz CT molecular complexity index is 821. The van der Waals surface area contributed by atoms with E-state index in [0.29, 0.717) is 10.7 Å². The van der Waals surface area contributed by atoms with Gasteiger partial charge in [-0.25, -0.2) is 0 Å². The number of anilines is 1. The first-order valence-corrected chi connectivity index (χ1v) is 9.28. The number of carbonyl (C=O) groups is 3. The van der Waals surface area contributed by atoms with E-state index in [0.717, 1.165) is 5.56 Å². The molecule has 2 aromatic rings. The minimum atomic E-state index is -0.579. The maximum Gasteiger partial charge on any atom is 0.242 e. The van der Waals surface area contributed by atoms with E-state index in [1.54, 1.807) is 24.3 Å². The highest BCUT2D eigenvalue weighted by molar-refractivity contribution is 6.30. The van der Waals surface area contributed by atoms with Gasteiger partial charge in [0.2, 0.25) is 17.7 Å². The number of rotatable bonds is 7. The molecule has 0 fully saturated rings. The summed E-state index contributed by atoms with van der Waals surface area (Å²) in [6, 6.07) is 16.0. The normalized spacial score (nSPS) is 10.8. The van der Waals surface area contributed by atoms with Crippen LogP contribution < -0.4 is 16.2 Å². The van der Waals surface area contributed by atoms with Crippen LogP contribution in [0.25, 0.3) is 0 Å². The summed E-state index contributed by atoms with van der Waals surface area (Å²) in [7, 11) is 0. The highest BCUT2D eigenvalue weighted by atomic mass is 35.5. The van der Waals surface area contributed by atoms with Crippen molar-refractivity contribution < 1.29 is 14.4 Å². The monoisotopic (exact) mass is 401 g/mol. The summed E-state index contributed by atoms with van der Waals surface area (Å²) in [4.78, 5) is 36.2. The van der Waals surface area contributed by atoms with Crippen LogP contribution in [0.2, 0.25) is 5.02 Å². The molecule has 0 heterocycles. The molecule has 0 saturated carbocycles. The van der Waals surface area contributed by atoms with Gasteiger partial charge in [-0.15, -0.1) is 0 Å². The van der Waals surface area contributed by atoms with Gasteiger partial charge in [0.05, 0.1) is 6.42 Å². The maximum atomic E-state index is 12.2. The molecule has 3 amide bonds. The molecule has 2 aromatic carbocycles. The number of hydrazine groups is 1. The minimum Gasteiger partial charge on any atom is -0.326 e. The first-order chi connectivity index (χ1) is 13.2. The molecule has 3 N–H and O–H groups in total. The molecular weight excluding hydrogens is 378 g/mol. The molecule has 0 radical (unpaired) electrons. The van der Waals surface area contributed by atoms with E-state index in [1.165, 1.54) is 0 Å². The molecule has 0 bridgehead atoms. The summed E-state index contributed by atoms with van der Waals surface area (Å²) >= 11 is 5.82. The van der Waals surface area contributed by atoms with Gasteiger partial charge >= 0.3 is 0 Å². The van der Waals surface area contributed by atoms with Gasteiger partial charge in [0.15, 0.2) is 0 Å².